The summed E-state index contributed by atoms with van der Waals surface area (Å²) >= 11 is 0. The zero-order valence-corrected chi connectivity index (χ0v) is 16.2. The van der Waals surface area contributed by atoms with E-state index in [0.29, 0.717) is 23.0 Å². The molecule has 0 bridgehead atoms. The smallest absolute Gasteiger partial charge is 0.254 e. The number of hydrogen-bond acceptors (Lipinski definition) is 4. The van der Waals surface area contributed by atoms with Crippen molar-refractivity contribution in [2.75, 3.05) is 19.0 Å². The molecule has 1 aromatic heterocycles. The van der Waals surface area contributed by atoms with Crippen LogP contribution in [-0.2, 0) is 0 Å². The van der Waals surface area contributed by atoms with Crippen molar-refractivity contribution >= 4 is 11.7 Å². The molecule has 6 heteroatoms. The Hall–Kier alpha value is -2.76. The van der Waals surface area contributed by atoms with Gasteiger partial charge in [0, 0.05) is 12.6 Å². The molecular formula is C21H28N4O2. The molecule has 0 spiro atoms. The standard InChI is InChI=1S/C21H28N4O2/c1-4-5-6-14(2)25-21(23-3)18(20(22)26)19(24-25)16-9-11-17(12-10-16)27-13-15-7-8-15/h4-5,9-12,14-15,23H,6-8,13H2,1-3H3,(H2,22,26). The quantitative estimate of drug-likeness (QED) is 0.655. The number of primary amides is 1. The molecule has 0 aliphatic heterocycles. The first-order chi connectivity index (χ1) is 13.0. The predicted octanol–water partition coefficient (Wildman–Crippen LogP) is 4.01. The van der Waals surface area contributed by atoms with Gasteiger partial charge in [0.1, 0.15) is 22.8 Å². The lowest BCUT2D eigenvalue weighted by molar-refractivity contribution is 0.100. The van der Waals surface area contributed by atoms with Crippen molar-refractivity contribution in [3.8, 4) is 17.0 Å². The molecule has 3 N–H and O–H groups in total. The monoisotopic (exact) mass is 368 g/mol. The predicted molar refractivity (Wildman–Crippen MR) is 108 cm³/mol. The third kappa shape index (κ3) is 4.32. The zero-order chi connectivity index (χ0) is 19.4. The van der Waals surface area contributed by atoms with Crippen molar-refractivity contribution in [2.45, 2.75) is 39.2 Å². The van der Waals surface area contributed by atoms with Crippen molar-refractivity contribution in [2.24, 2.45) is 11.7 Å². The van der Waals surface area contributed by atoms with Crippen LogP contribution in [0.1, 0.15) is 49.5 Å². The summed E-state index contributed by atoms with van der Waals surface area (Å²) in [6, 6.07) is 7.79. The van der Waals surface area contributed by atoms with Crippen LogP contribution in [-0.4, -0.2) is 29.3 Å². The van der Waals surface area contributed by atoms with Gasteiger partial charge in [-0.05, 0) is 63.3 Å². The van der Waals surface area contributed by atoms with Crippen LogP contribution in [0.15, 0.2) is 36.4 Å². The van der Waals surface area contributed by atoms with E-state index in [1.54, 1.807) is 7.05 Å². The molecule has 144 valence electrons. The molecule has 0 radical (unpaired) electrons. The van der Waals surface area contributed by atoms with Crippen molar-refractivity contribution in [3.63, 3.8) is 0 Å². The Kier molecular flexibility index (Phi) is 5.84. The van der Waals surface area contributed by atoms with E-state index in [9.17, 15) is 4.79 Å². The highest BCUT2D eigenvalue weighted by atomic mass is 16.5. The minimum atomic E-state index is -0.493. The molecule has 1 aromatic carbocycles. The Balaban J connectivity index is 1.92. The number of amides is 1. The average Bonchev–Trinajstić information content (AvgIpc) is 3.42. The maximum atomic E-state index is 12.2. The molecular weight excluding hydrogens is 340 g/mol. The minimum Gasteiger partial charge on any atom is -0.493 e. The Bertz CT molecular complexity index is 819. The van der Waals surface area contributed by atoms with Gasteiger partial charge < -0.3 is 15.8 Å². The lowest BCUT2D eigenvalue weighted by Gasteiger charge is -2.14. The highest BCUT2D eigenvalue weighted by molar-refractivity contribution is 6.03. The third-order valence-corrected chi connectivity index (χ3v) is 4.83. The van der Waals surface area contributed by atoms with Crippen LogP contribution < -0.4 is 15.8 Å². The normalized spacial score (nSPS) is 15.1. The topological polar surface area (TPSA) is 82.2 Å². The largest absolute Gasteiger partial charge is 0.493 e. The first-order valence-electron chi connectivity index (χ1n) is 9.49. The van der Waals surface area contributed by atoms with E-state index in [4.69, 9.17) is 15.6 Å². The Morgan fingerprint density at radius 1 is 1.41 bits per heavy atom. The number of carbonyl (C=O) groups excluding carboxylic acids is 1. The molecule has 1 unspecified atom stereocenters. The summed E-state index contributed by atoms with van der Waals surface area (Å²) in [5, 5.41) is 7.81. The Morgan fingerprint density at radius 2 is 2.11 bits per heavy atom. The van der Waals surface area contributed by atoms with Crippen LogP contribution in [0.4, 0.5) is 5.82 Å². The van der Waals surface area contributed by atoms with Crippen LogP contribution in [0.5, 0.6) is 5.75 Å². The van der Waals surface area contributed by atoms with Gasteiger partial charge >= 0.3 is 0 Å². The van der Waals surface area contributed by atoms with Gasteiger partial charge in [0.05, 0.1) is 12.6 Å². The minimum absolute atomic E-state index is 0.0941. The van der Waals surface area contributed by atoms with E-state index in [0.717, 1.165) is 24.3 Å². The summed E-state index contributed by atoms with van der Waals surface area (Å²) in [6.45, 7) is 4.83. The number of allylic oxidation sites excluding steroid dienone is 2. The van der Waals surface area contributed by atoms with Gasteiger partial charge in [-0.3, -0.25) is 4.79 Å². The van der Waals surface area contributed by atoms with Crippen LogP contribution in [0.25, 0.3) is 11.3 Å². The molecule has 1 aliphatic rings. The van der Waals surface area contributed by atoms with Gasteiger partial charge in [0.2, 0.25) is 0 Å². The van der Waals surface area contributed by atoms with E-state index in [-0.39, 0.29) is 6.04 Å². The molecule has 27 heavy (non-hydrogen) atoms. The summed E-state index contributed by atoms with van der Waals surface area (Å²) in [5.74, 6) is 1.69. The number of anilines is 1. The lowest BCUT2D eigenvalue weighted by atomic mass is 10.1. The van der Waals surface area contributed by atoms with E-state index >= 15 is 0 Å². The molecule has 3 rings (SSSR count). The van der Waals surface area contributed by atoms with Gasteiger partial charge in [-0.1, -0.05) is 12.2 Å². The van der Waals surface area contributed by atoms with E-state index in [1.165, 1.54) is 12.8 Å². The van der Waals surface area contributed by atoms with Gasteiger partial charge in [-0.15, -0.1) is 0 Å². The molecule has 1 atom stereocenters. The number of nitrogens with zero attached hydrogens (tertiary/aromatic N) is 2. The summed E-state index contributed by atoms with van der Waals surface area (Å²) in [6.07, 6.45) is 7.43. The fourth-order valence-corrected chi connectivity index (χ4v) is 3.07. The zero-order valence-electron chi connectivity index (χ0n) is 16.2. The average molecular weight is 368 g/mol. The number of ether oxygens (including phenoxy) is 1. The summed E-state index contributed by atoms with van der Waals surface area (Å²) < 4.78 is 7.63. The fraction of sp³-hybridized carbons (Fsp3) is 0.429. The van der Waals surface area contributed by atoms with Gasteiger partial charge in [-0.2, -0.15) is 5.10 Å². The van der Waals surface area contributed by atoms with Crippen molar-refractivity contribution < 1.29 is 9.53 Å². The van der Waals surface area contributed by atoms with Crippen LogP contribution in [0, 0.1) is 5.92 Å². The third-order valence-electron chi connectivity index (χ3n) is 4.83. The van der Waals surface area contributed by atoms with E-state index in [2.05, 4.69) is 18.3 Å². The van der Waals surface area contributed by atoms with Crippen LogP contribution in [0.2, 0.25) is 0 Å². The van der Waals surface area contributed by atoms with Gasteiger partial charge in [0.15, 0.2) is 0 Å². The number of hydrogen-bond donors (Lipinski definition) is 2. The van der Waals surface area contributed by atoms with Gasteiger partial charge in [-0.25, -0.2) is 4.68 Å². The second kappa shape index (κ2) is 8.29. The number of nitrogens with one attached hydrogen (secondary N) is 1. The second-order valence-corrected chi connectivity index (χ2v) is 7.06. The SMILES string of the molecule is CC=CCC(C)n1nc(-c2ccc(OCC3CC3)cc2)c(C(N)=O)c1NC. The maximum absolute atomic E-state index is 12.2. The number of benzene rings is 1. The summed E-state index contributed by atoms with van der Waals surface area (Å²) in [5.41, 5.74) is 7.54. The highest BCUT2D eigenvalue weighted by Crippen LogP contribution is 2.33. The molecule has 1 fully saturated rings. The van der Waals surface area contributed by atoms with Crippen molar-refractivity contribution in [1.29, 1.82) is 0 Å². The number of carbonyl (C=O) groups is 1. The highest BCUT2D eigenvalue weighted by Gasteiger charge is 2.25. The first kappa shape index (κ1) is 19.0. The summed E-state index contributed by atoms with van der Waals surface area (Å²) in [7, 11) is 1.78. The maximum Gasteiger partial charge on any atom is 0.254 e. The molecule has 2 aromatic rings. The molecule has 1 aliphatic carbocycles. The number of aromatic nitrogens is 2. The first-order valence-corrected chi connectivity index (χ1v) is 9.49. The molecule has 1 saturated carbocycles. The molecule has 6 nitrogen and oxygen atoms in total. The Morgan fingerprint density at radius 3 is 2.67 bits per heavy atom. The Labute approximate surface area is 160 Å². The summed E-state index contributed by atoms with van der Waals surface area (Å²) in [4.78, 5) is 12.2. The van der Waals surface area contributed by atoms with Gasteiger partial charge in [0.25, 0.3) is 5.91 Å². The fourth-order valence-electron chi connectivity index (χ4n) is 3.07. The van der Waals surface area contributed by atoms with Crippen LogP contribution >= 0.6 is 0 Å². The number of nitrogens with two attached hydrogens (primary N) is 1. The number of rotatable bonds is 9. The van der Waals surface area contributed by atoms with Crippen LogP contribution in [0.3, 0.4) is 0 Å². The molecule has 1 amide bonds. The molecule has 0 saturated heterocycles. The van der Waals surface area contributed by atoms with E-state index < -0.39 is 5.91 Å². The van der Waals surface area contributed by atoms with E-state index in [1.807, 2.05) is 41.9 Å². The van der Waals surface area contributed by atoms with Crippen molar-refractivity contribution in [3.05, 3.63) is 42.0 Å². The van der Waals surface area contributed by atoms with Crippen molar-refractivity contribution in [1.82, 2.24) is 9.78 Å². The lowest BCUT2D eigenvalue weighted by Crippen LogP contribution is -2.15. The molecule has 1 heterocycles. The second-order valence-electron chi connectivity index (χ2n) is 7.06.